The number of thioether (sulfide) groups is 1. The van der Waals surface area contributed by atoms with E-state index in [1.165, 1.54) is 18.7 Å². The van der Waals surface area contributed by atoms with Crippen LogP contribution in [0.4, 0.5) is 10.9 Å². The largest absolute Gasteiger partial charge is 0.543 e. The minimum Gasteiger partial charge on any atom is -0.543 e. The quantitative estimate of drug-likeness (QED) is 0.0483. The van der Waals surface area contributed by atoms with E-state index >= 15 is 0 Å². The first-order valence-corrected chi connectivity index (χ1v) is 16.2. The number of nitrogens with zero attached hydrogens (tertiary/aromatic N) is 5. The van der Waals surface area contributed by atoms with Gasteiger partial charge in [0, 0.05) is 23.9 Å². The molecule has 0 aromatic carbocycles. The molecule has 5 heterocycles. The van der Waals surface area contributed by atoms with Crippen molar-refractivity contribution in [3.63, 3.8) is 0 Å². The predicted octanol–water partition coefficient (Wildman–Crippen LogP) is -0.889. The number of β-lactam (4-membered cyclic amide) rings is 1. The molecule has 46 heavy (non-hydrogen) atoms. The molecule has 2 aliphatic rings. The first kappa shape index (κ1) is 33.0. The van der Waals surface area contributed by atoms with Gasteiger partial charge in [-0.15, -0.1) is 11.8 Å². The monoisotopic (exact) mass is 691 g/mol. The van der Waals surface area contributed by atoms with Crippen molar-refractivity contribution in [1.82, 2.24) is 25.1 Å². The fourth-order valence-electron chi connectivity index (χ4n) is 5.14. The number of carbonyl (C=O) groups is 4. The number of halogens is 1. The zero-order valence-corrected chi connectivity index (χ0v) is 26.9. The van der Waals surface area contributed by atoms with Gasteiger partial charge in [0.25, 0.3) is 11.8 Å². The number of anilines is 2. The number of carbonyl (C=O) groups excluding carboxylic acids is 3. The van der Waals surface area contributed by atoms with E-state index < -0.39 is 47.0 Å². The van der Waals surface area contributed by atoms with E-state index in [1.54, 1.807) is 0 Å². The molecule has 0 bridgehead atoms. The number of nitrogens with one attached hydrogen (secondary N) is 2. The summed E-state index contributed by atoms with van der Waals surface area (Å²) in [6.45, 7) is 2.86. The number of nitrogens with two attached hydrogens (primary N) is 2. The van der Waals surface area contributed by atoms with Gasteiger partial charge in [0.15, 0.2) is 23.6 Å². The van der Waals surface area contributed by atoms with Crippen molar-refractivity contribution in [2.75, 3.05) is 30.8 Å². The molecule has 0 spiro atoms. The molecule has 0 radical (unpaired) electrons. The number of pyridine rings is 1. The number of hydrogen-bond acceptors (Lipinski definition) is 13. The van der Waals surface area contributed by atoms with Crippen LogP contribution >= 0.6 is 34.7 Å². The molecule has 2 amide bonds. The van der Waals surface area contributed by atoms with Crippen LogP contribution in [0, 0.1) is 0 Å². The van der Waals surface area contributed by atoms with Crippen molar-refractivity contribution in [2.45, 2.75) is 44.0 Å². The summed E-state index contributed by atoms with van der Waals surface area (Å²) in [4.78, 5) is 60.3. The molecule has 0 saturated carbocycles. The van der Waals surface area contributed by atoms with E-state index in [-0.39, 0.29) is 33.2 Å². The van der Waals surface area contributed by atoms with E-state index in [9.17, 15) is 24.3 Å². The summed E-state index contributed by atoms with van der Waals surface area (Å²) in [5.41, 5.74) is 13.2. The maximum atomic E-state index is 13.3. The number of carboxylic acid groups (broad SMARTS) is 2. The van der Waals surface area contributed by atoms with Crippen LogP contribution in [-0.2, 0) is 37.1 Å². The number of thiazole rings is 1. The van der Waals surface area contributed by atoms with Crippen LogP contribution in [0.1, 0.15) is 19.0 Å². The molecule has 3 atom stereocenters. The smallest absolute Gasteiger partial charge is 0.347 e. The second kappa shape index (κ2) is 13.5. The molecule has 3 aromatic rings. The van der Waals surface area contributed by atoms with E-state index in [4.69, 9.17) is 33.0 Å². The number of nitrogen functional groups attached to an aromatic ring is 2. The summed E-state index contributed by atoms with van der Waals surface area (Å²) in [7, 11) is 1.88. The SMILES string of the molecule is CNCCCn1c(N)cc2c1ccc[n+]2CC1=C(C(=O)[O-])N2C(=O)C(NC(=O)/C(=N\O[C@@H](C)C(=O)O)c3nc(N)sc3Cl)C2SC1. The number of aromatic nitrogens is 3. The Morgan fingerprint density at radius 2 is 2.13 bits per heavy atom. The van der Waals surface area contributed by atoms with Gasteiger partial charge < -0.3 is 46.5 Å². The summed E-state index contributed by atoms with van der Waals surface area (Å²) >= 11 is 8.29. The maximum Gasteiger partial charge on any atom is 0.347 e. The number of hydrogen-bond donors (Lipinski definition) is 5. The third-order valence-corrected chi connectivity index (χ3v) is 9.79. The Bertz CT molecular complexity index is 1790. The molecule has 7 N–H and O–H groups in total. The van der Waals surface area contributed by atoms with Crippen molar-refractivity contribution < 1.29 is 38.8 Å². The first-order chi connectivity index (χ1) is 21.9. The highest BCUT2D eigenvalue weighted by molar-refractivity contribution is 8.00. The van der Waals surface area contributed by atoms with Crippen LogP contribution in [0.2, 0.25) is 4.34 Å². The van der Waals surface area contributed by atoms with Gasteiger partial charge in [0.1, 0.15) is 32.8 Å². The Kier molecular flexibility index (Phi) is 9.71. The van der Waals surface area contributed by atoms with Crippen LogP contribution in [0.5, 0.6) is 0 Å². The summed E-state index contributed by atoms with van der Waals surface area (Å²) < 4.78 is 3.85. The van der Waals surface area contributed by atoms with E-state index in [0.29, 0.717) is 17.9 Å². The van der Waals surface area contributed by atoms with Crippen molar-refractivity contribution in [1.29, 1.82) is 0 Å². The van der Waals surface area contributed by atoms with Crippen LogP contribution in [0.3, 0.4) is 0 Å². The Labute approximate surface area is 275 Å². The molecule has 0 aliphatic carbocycles. The van der Waals surface area contributed by atoms with Gasteiger partial charge in [-0.05, 0) is 33.0 Å². The molecule has 244 valence electrons. The van der Waals surface area contributed by atoms with Crippen molar-refractivity contribution >= 4 is 86.1 Å². The van der Waals surface area contributed by atoms with Gasteiger partial charge in [-0.2, -0.15) is 4.57 Å². The highest BCUT2D eigenvalue weighted by Gasteiger charge is 2.53. The molecular weight excluding hydrogens is 662 g/mol. The van der Waals surface area contributed by atoms with E-state index in [0.717, 1.165) is 40.2 Å². The Morgan fingerprint density at radius 1 is 1.37 bits per heavy atom. The molecule has 1 fully saturated rings. The van der Waals surface area contributed by atoms with Gasteiger partial charge in [0.05, 0.1) is 17.7 Å². The first-order valence-electron chi connectivity index (χ1n) is 13.9. The fourth-order valence-corrected chi connectivity index (χ4v) is 7.40. The highest BCUT2D eigenvalue weighted by Crippen LogP contribution is 2.40. The van der Waals surface area contributed by atoms with Crippen molar-refractivity contribution in [3.05, 3.63) is 45.7 Å². The number of aliphatic carboxylic acids is 2. The van der Waals surface area contributed by atoms with Crippen LogP contribution < -0.4 is 31.8 Å². The summed E-state index contributed by atoms with van der Waals surface area (Å²) in [6.07, 6.45) is 1.25. The molecule has 5 rings (SSSR count). The van der Waals surface area contributed by atoms with E-state index in [1.807, 2.05) is 40.6 Å². The van der Waals surface area contributed by atoms with Crippen molar-refractivity contribution in [2.24, 2.45) is 5.16 Å². The van der Waals surface area contributed by atoms with Gasteiger partial charge >= 0.3 is 5.97 Å². The molecule has 19 heteroatoms. The zero-order chi connectivity index (χ0) is 33.3. The van der Waals surface area contributed by atoms with Crippen LogP contribution in [0.15, 0.2) is 40.8 Å². The normalized spacial score (nSPS) is 18.7. The lowest BCUT2D eigenvalue weighted by molar-refractivity contribution is -0.663. The Morgan fingerprint density at radius 3 is 2.78 bits per heavy atom. The lowest BCUT2D eigenvalue weighted by Gasteiger charge is -2.50. The number of amides is 2. The molecular formula is C27H30ClN9O7S2. The van der Waals surface area contributed by atoms with E-state index in [2.05, 4.69) is 20.8 Å². The maximum absolute atomic E-state index is 13.3. The minimum atomic E-state index is -1.53. The average Bonchev–Trinajstić information content (AvgIpc) is 3.52. The van der Waals surface area contributed by atoms with Gasteiger partial charge in [0.2, 0.25) is 11.6 Å². The summed E-state index contributed by atoms with van der Waals surface area (Å²) in [6, 6.07) is 4.46. The predicted molar refractivity (Wildman–Crippen MR) is 168 cm³/mol. The lowest BCUT2D eigenvalue weighted by Crippen LogP contribution is -2.71. The average molecular weight is 692 g/mol. The van der Waals surface area contributed by atoms with Gasteiger partial charge in [-0.25, -0.2) is 9.78 Å². The Hall–Kier alpha value is -4.39. The zero-order valence-electron chi connectivity index (χ0n) is 24.6. The standard InChI is InChI=1S/C27H30ClN9O7S2/c1-12(25(40)41)44-34-18(17-21(28)46-27(30)33-17)22(38)32-19-23(39)37-20(26(42)43)13(11-45-24(19)37)10-35-7-3-5-14-15(35)9-16(29)36(14)8-4-6-31-2/h3,5,7,9,12,19,24,29,31H,4,6,8,10-11H2,1-2H3,(H5,30,32,33,38,40,41,42,43)/b34-18-/t12-,19?,24?/m0/s1. The number of oxime groups is 1. The van der Waals surface area contributed by atoms with Crippen LogP contribution in [0.25, 0.3) is 11.0 Å². The second-order valence-corrected chi connectivity index (χ2v) is 13.1. The molecule has 3 aromatic heterocycles. The summed E-state index contributed by atoms with van der Waals surface area (Å²) in [5, 5.41) is 30.1. The Balaban J connectivity index is 1.38. The van der Waals surface area contributed by atoms with Crippen LogP contribution in [-0.4, -0.2) is 85.9 Å². The highest BCUT2D eigenvalue weighted by atomic mass is 35.5. The number of fused-ring (bicyclic) bond motifs is 2. The molecule has 16 nitrogen and oxygen atoms in total. The second-order valence-electron chi connectivity index (χ2n) is 10.4. The van der Waals surface area contributed by atoms with Gasteiger partial charge in [-0.1, -0.05) is 28.1 Å². The number of carboxylic acids is 2. The number of rotatable bonds is 13. The molecule has 2 unspecified atom stereocenters. The molecule has 2 aliphatic heterocycles. The van der Waals surface area contributed by atoms with Crippen molar-refractivity contribution in [3.8, 4) is 0 Å². The number of aryl methyl sites for hydroxylation is 1. The topological polar surface area (TPSA) is 234 Å². The summed E-state index contributed by atoms with van der Waals surface area (Å²) in [5.74, 6) is -3.71. The van der Waals surface area contributed by atoms with Gasteiger partial charge in [-0.3, -0.25) is 14.5 Å². The minimum absolute atomic E-state index is 0.0124. The third kappa shape index (κ3) is 6.33. The third-order valence-electron chi connectivity index (χ3n) is 7.37. The fraction of sp³-hybridized carbons (Fsp3) is 0.370. The lowest BCUT2D eigenvalue weighted by atomic mass is 10.0. The molecule has 1 saturated heterocycles.